The summed E-state index contributed by atoms with van der Waals surface area (Å²) in [6, 6.07) is 15.0. The van der Waals surface area contributed by atoms with E-state index in [4.69, 9.17) is 23.3 Å². The molecule has 1 nitrogen and oxygen atoms in total. The maximum Gasteiger partial charge on any atom is 0.0991 e. The highest BCUT2D eigenvalue weighted by Gasteiger charge is 2.02. The Morgan fingerprint density at radius 3 is 2.18 bits per heavy atom. The molecule has 0 aliphatic rings. The third-order valence-electron chi connectivity index (χ3n) is 2.47. The number of terminal acetylenes is 1. The maximum absolute atomic E-state index is 8.72. The molecule has 0 bridgehead atoms. The molecule has 0 heterocycles. The predicted molar refractivity (Wildman–Crippen MR) is 69.5 cm³/mol. The van der Waals surface area contributed by atoms with Crippen molar-refractivity contribution in [2.45, 2.75) is 0 Å². The van der Waals surface area contributed by atoms with Gasteiger partial charge in [0.25, 0.3) is 0 Å². The van der Waals surface area contributed by atoms with Crippen molar-refractivity contribution in [2.75, 3.05) is 0 Å². The van der Waals surface area contributed by atoms with Crippen LogP contribution in [0.5, 0.6) is 0 Å². The van der Waals surface area contributed by atoms with E-state index >= 15 is 0 Å². The van der Waals surface area contributed by atoms with Crippen molar-refractivity contribution in [3.8, 4) is 29.5 Å². The monoisotopic (exact) mass is 237 g/mol. The van der Waals surface area contributed by atoms with Crippen molar-refractivity contribution >= 4 is 11.6 Å². The number of halogens is 1. The first-order valence-corrected chi connectivity index (χ1v) is 5.39. The number of rotatable bonds is 1. The first-order valence-electron chi connectivity index (χ1n) is 5.01. The van der Waals surface area contributed by atoms with E-state index in [-0.39, 0.29) is 0 Å². The van der Waals surface area contributed by atoms with Crippen LogP contribution < -0.4 is 0 Å². The van der Waals surface area contributed by atoms with E-state index < -0.39 is 0 Å². The van der Waals surface area contributed by atoms with Gasteiger partial charge in [-0.05, 0) is 35.4 Å². The Morgan fingerprint density at radius 2 is 1.65 bits per heavy atom. The summed E-state index contributed by atoms with van der Waals surface area (Å²) >= 11 is 6.04. The average Bonchev–Trinajstić information content (AvgIpc) is 2.39. The number of nitriles is 1. The Morgan fingerprint density at radius 1 is 1.00 bits per heavy atom. The molecular formula is C15H8ClN. The minimum Gasteiger partial charge on any atom is -0.192 e. The van der Waals surface area contributed by atoms with Crippen LogP contribution in [0, 0.1) is 23.7 Å². The molecule has 0 aliphatic heterocycles. The van der Waals surface area contributed by atoms with Gasteiger partial charge in [0.15, 0.2) is 0 Å². The van der Waals surface area contributed by atoms with Gasteiger partial charge < -0.3 is 0 Å². The molecule has 17 heavy (non-hydrogen) atoms. The highest BCUT2D eigenvalue weighted by Crippen LogP contribution is 2.25. The normalized spacial score (nSPS) is 9.35. The van der Waals surface area contributed by atoms with Crippen molar-refractivity contribution in [1.29, 1.82) is 5.26 Å². The van der Waals surface area contributed by atoms with E-state index in [1.165, 1.54) is 0 Å². The van der Waals surface area contributed by atoms with Crippen LogP contribution in [0.4, 0.5) is 0 Å². The van der Waals surface area contributed by atoms with Crippen molar-refractivity contribution in [3.05, 3.63) is 58.6 Å². The van der Waals surface area contributed by atoms with Gasteiger partial charge in [-0.25, -0.2) is 0 Å². The van der Waals surface area contributed by atoms with Crippen LogP contribution >= 0.6 is 11.6 Å². The minimum atomic E-state index is 0.564. The molecule has 0 unspecified atom stereocenters. The van der Waals surface area contributed by atoms with Crippen LogP contribution in [0.15, 0.2) is 42.5 Å². The summed E-state index contributed by atoms with van der Waals surface area (Å²) in [6.45, 7) is 0. The van der Waals surface area contributed by atoms with Gasteiger partial charge in [-0.3, -0.25) is 0 Å². The quantitative estimate of drug-likeness (QED) is 0.691. The molecule has 0 amide bonds. The lowest BCUT2D eigenvalue weighted by atomic mass is 10.0. The zero-order chi connectivity index (χ0) is 12.3. The molecule has 0 fully saturated rings. The van der Waals surface area contributed by atoms with Crippen molar-refractivity contribution in [3.63, 3.8) is 0 Å². The van der Waals surface area contributed by atoms with E-state index in [2.05, 4.69) is 12.0 Å². The highest BCUT2D eigenvalue weighted by molar-refractivity contribution is 6.32. The van der Waals surface area contributed by atoms with E-state index in [0.29, 0.717) is 16.1 Å². The molecule has 0 spiro atoms. The third-order valence-corrected chi connectivity index (χ3v) is 2.78. The summed E-state index contributed by atoms with van der Waals surface area (Å²) in [5.74, 6) is 2.52. The lowest BCUT2D eigenvalue weighted by molar-refractivity contribution is 1.48. The third kappa shape index (κ3) is 2.31. The van der Waals surface area contributed by atoms with E-state index in [9.17, 15) is 0 Å². The zero-order valence-corrected chi connectivity index (χ0v) is 9.70. The molecule has 0 saturated carbocycles. The van der Waals surface area contributed by atoms with Crippen molar-refractivity contribution in [2.24, 2.45) is 0 Å². The molecule has 0 aliphatic carbocycles. The standard InChI is InChI=1S/C15H8ClN/c1-2-12-7-8-14(9-15(12)16)13-5-3-11(10-17)4-6-13/h1,3-9H. The van der Waals surface area contributed by atoms with Gasteiger partial charge in [-0.15, -0.1) is 6.42 Å². The van der Waals surface area contributed by atoms with Gasteiger partial charge in [0.05, 0.1) is 16.7 Å². The SMILES string of the molecule is C#Cc1ccc(-c2ccc(C#N)cc2)cc1Cl. The summed E-state index contributed by atoms with van der Waals surface area (Å²) in [5.41, 5.74) is 3.32. The molecule has 2 aromatic rings. The first kappa shape index (κ1) is 11.3. The van der Waals surface area contributed by atoms with Gasteiger partial charge in [0.1, 0.15) is 0 Å². The fourth-order valence-electron chi connectivity index (χ4n) is 1.55. The average molecular weight is 238 g/mol. The summed E-state index contributed by atoms with van der Waals surface area (Å²) in [6.07, 6.45) is 5.31. The Bertz CT molecular complexity index is 627. The fraction of sp³-hybridized carbons (Fsp3) is 0. The number of nitrogens with zero attached hydrogens (tertiary/aromatic N) is 1. The van der Waals surface area contributed by atoms with Crippen molar-refractivity contribution in [1.82, 2.24) is 0 Å². The summed E-state index contributed by atoms with van der Waals surface area (Å²) < 4.78 is 0. The molecule has 80 valence electrons. The van der Waals surface area contributed by atoms with Gasteiger partial charge in [0, 0.05) is 5.56 Å². The molecule has 0 aromatic heterocycles. The second kappa shape index (κ2) is 4.74. The molecular weight excluding hydrogens is 230 g/mol. The Kier molecular flexibility index (Phi) is 3.15. The maximum atomic E-state index is 8.72. The van der Waals surface area contributed by atoms with Gasteiger partial charge >= 0.3 is 0 Å². The predicted octanol–water partition coefficient (Wildman–Crippen LogP) is 3.86. The number of benzene rings is 2. The lowest BCUT2D eigenvalue weighted by Crippen LogP contribution is -1.82. The number of hydrogen-bond acceptors (Lipinski definition) is 1. The second-order valence-electron chi connectivity index (χ2n) is 3.53. The molecule has 2 rings (SSSR count). The Hall–Kier alpha value is -2.22. The molecule has 0 saturated heterocycles. The lowest BCUT2D eigenvalue weighted by Gasteiger charge is -2.03. The molecule has 0 radical (unpaired) electrons. The number of hydrogen-bond donors (Lipinski definition) is 0. The topological polar surface area (TPSA) is 23.8 Å². The Balaban J connectivity index is 2.44. The van der Waals surface area contributed by atoms with Crippen LogP contribution in [0.2, 0.25) is 5.02 Å². The van der Waals surface area contributed by atoms with Crippen LogP contribution in [0.3, 0.4) is 0 Å². The Labute approximate surface area is 105 Å². The fourth-order valence-corrected chi connectivity index (χ4v) is 1.78. The summed E-state index contributed by atoms with van der Waals surface area (Å²) in [7, 11) is 0. The second-order valence-corrected chi connectivity index (χ2v) is 3.94. The molecule has 0 atom stereocenters. The minimum absolute atomic E-state index is 0.564. The van der Waals surface area contributed by atoms with E-state index in [0.717, 1.165) is 11.1 Å². The van der Waals surface area contributed by atoms with Crippen LogP contribution in [-0.2, 0) is 0 Å². The van der Waals surface area contributed by atoms with Gasteiger partial charge in [-0.1, -0.05) is 35.7 Å². The highest BCUT2D eigenvalue weighted by atomic mass is 35.5. The van der Waals surface area contributed by atoms with Gasteiger partial charge in [-0.2, -0.15) is 5.26 Å². The van der Waals surface area contributed by atoms with Crippen LogP contribution in [0.25, 0.3) is 11.1 Å². The molecule has 2 aromatic carbocycles. The summed E-state index contributed by atoms with van der Waals surface area (Å²) in [5, 5.41) is 9.28. The zero-order valence-electron chi connectivity index (χ0n) is 8.94. The van der Waals surface area contributed by atoms with Crippen LogP contribution in [0.1, 0.15) is 11.1 Å². The first-order chi connectivity index (χ1) is 8.24. The molecule has 0 N–H and O–H groups in total. The largest absolute Gasteiger partial charge is 0.192 e. The molecule has 2 heteroatoms. The summed E-state index contributed by atoms with van der Waals surface area (Å²) in [4.78, 5) is 0. The van der Waals surface area contributed by atoms with Crippen molar-refractivity contribution < 1.29 is 0 Å². The van der Waals surface area contributed by atoms with Crippen LogP contribution in [-0.4, -0.2) is 0 Å². The van der Waals surface area contributed by atoms with E-state index in [1.54, 1.807) is 12.1 Å². The smallest absolute Gasteiger partial charge is 0.0991 e. The van der Waals surface area contributed by atoms with E-state index in [1.807, 2.05) is 30.3 Å². The van der Waals surface area contributed by atoms with Gasteiger partial charge in [0.2, 0.25) is 0 Å².